The van der Waals surface area contributed by atoms with Gasteiger partial charge >= 0.3 is 198 Å². The second-order valence-corrected chi connectivity index (χ2v) is 15.0. The van der Waals surface area contributed by atoms with Crippen LogP contribution in [0, 0.1) is 6.92 Å². The van der Waals surface area contributed by atoms with Gasteiger partial charge in [0.25, 0.3) is 0 Å². The third kappa shape index (κ3) is 6.69. The minimum absolute atomic E-state index is 0.122. The van der Waals surface area contributed by atoms with Crippen molar-refractivity contribution in [3.63, 3.8) is 0 Å². The minimum atomic E-state index is -4.01. The van der Waals surface area contributed by atoms with Gasteiger partial charge in [0, 0.05) is 18.8 Å². The molecule has 2 aromatic carbocycles. The fourth-order valence-electron chi connectivity index (χ4n) is 4.28. The topological polar surface area (TPSA) is 101 Å². The molecule has 0 saturated carbocycles. The van der Waals surface area contributed by atoms with Crippen LogP contribution in [0.3, 0.4) is 0 Å². The molecule has 11 heteroatoms. The summed E-state index contributed by atoms with van der Waals surface area (Å²) in [5.41, 5.74) is 5.14. The average Bonchev–Trinajstić information content (AvgIpc) is 3.61. The number of ether oxygens (including phenoxy) is 1. The Labute approximate surface area is 238 Å². The van der Waals surface area contributed by atoms with E-state index in [-0.39, 0.29) is 6.42 Å². The zero-order chi connectivity index (χ0) is 26.5. The van der Waals surface area contributed by atoms with Crippen molar-refractivity contribution in [2.24, 2.45) is 0 Å². The van der Waals surface area contributed by atoms with Crippen molar-refractivity contribution in [3.05, 3.63) is 78.8 Å². The van der Waals surface area contributed by atoms with Crippen molar-refractivity contribution in [1.29, 1.82) is 0 Å². The molecule has 0 aliphatic carbocycles. The Kier molecular flexibility index (Phi) is 8.57. The normalized spacial score (nSPS) is 16.0. The molecule has 1 aromatic heterocycles. The van der Waals surface area contributed by atoms with E-state index in [0.717, 1.165) is 54.4 Å². The Balaban J connectivity index is 1.30. The van der Waals surface area contributed by atoms with Gasteiger partial charge in [-0.2, -0.15) is 0 Å². The number of benzene rings is 2. The SMILES string of the molecule is Cc1ccc(NS(=O)(=O)[C@@H](CC2=[CH][In][CH]=C2)C(=O)Nc2nc(-c3ccc(N4CCOCC4)cc3)cs2)cc1. The summed E-state index contributed by atoms with van der Waals surface area (Å²) >= 11 is 0.352. The van der Waals surface area contributed by atoms with Crippen LogP contribution in [0.25, 0.3) is 11.3 Å². The van der Waals surface area contributed by atoms with Gasteiger partial charge in [0.2, 0.25) is 0 Å². The predicted octanol–water partition coefficient (Wildman–Crippen LogP) is 4.21. The van der Waals surface area contributed by atoms with E-state index in [2.05, 4.69) is 39.7 Å². The third-order valence-electron chi connectivity index (χ3n) is 6.41. The van der Waals surface area contributed by atoms with Crippen molar-refractivity contribution in [2.45, 2.75) is 18.6 Å². The van der Waals surface area contributed by atoms with E-state index in [1.165, 1.54) is 11.3 Å². The number of sulfonamides is 1. The number of amides is 1. The van der Waals surface area contributed by atoms with Gasteiger partial charge in [0.05, 0.1) is 13.2 Å². The summed E-state index contributed by atoms with van der Waals surface area (Å²) in [4.78, 5) is 20.2. The number of nitrogens with one attached hydrogen (secondary N) is 2. The first-order valence-electron chi connectivity index (χ1n) is 12.4. The van der Waals surface area contributed by atoms with Crippen LogP contribution in [0.2, 0.25) is 0 Å². The Morgan fingerprint density at radius 3 is 2.55 bits per heavy atom. The molecule has 0 bridgehead atoms. The average molecular weight is 651 g/mol. The van der Waals surface area contributed by atoms with Gasteiger partial charge < -0.3 is 9.64 Å². The molecule has 38 heavy (non-hydrogen) atoms. The van der Waals surface area contributed by atoms with Crippen molar-refractivity contribution < 1.29 is 17.9 Å². The molecule has 1 atom stereocenters. The molecule has 0 spiro atoms. The zero-order valence-corrected chi connectivity index (χ0v) is 25.9. The number of rotatable bonds is 9. The number of nitrogens with zero attached hydrogens (tertiary/aromatic N) is 2. The number of carbonyl (C=O) groups excluding carboxylic acids is 1. The molecule has 3 aromatic rings. The van der Waals surface area contributed by atoms with Crippen LogP contribution in [0.4, 0.5) is 16.5 Å². The van der Waals surface area contributed by atoms with E-state index >= 15 is 0 Å². The number of carbonyl (C=O) groups is 1. The summed E-state index contributed by atoms with van der Waals surface area (Å²) in [7, 11) is -4.01. The summed E-state index contributed by atoms with van der Waals surface area (Å²) < 4.78 is 39.0. The van der Waals surface area contributed by atoms with E-state index in [4.69, 9.17) is 4.74 Å². The van der Waals surface area contributed by atoms with Crippen molar-refractivity contribution in [3.8, 4) is 11.3 Å². The summed E-state index contributed by atoms with van der Waals surface area (Å²) in [6.07, 6.45) is 2.07. The molecule has 3 heterocycles. The molecule has 195 valence electrons. The maximum atomic E-state index is 13.4. The summed E-state index contributed by atoms with van der Waals surface area (Å²) in [5.74, 6) is -0.595. The number of aromatic nitrogens is 1. The van der Waals surface area contributed by atoms with E-state index < -0.39 is 44.1 Å². The van der Waals surface area contributed by atoms with E-state index in [9.17, 15) is 13.2 Å². The van der Waals surface area contributed by atoms with E-state index in [0.29, 0.717) is 10.8 Å². The number of thiazole rings is 1. The summed E-state index contributed by atoms with van der Waals surface area (Å²) in [6, 6.07) is 15.2. The third-order valence-corrected chi connectivity index (χ3v) is 11.8. The van der Waals surface area contributed by atoms with Gasteiger partial charge in [0.1, 0.15) is 0 Å². The van der Waals surface area contributed by atoms with Gasteiger partial charge in [-0.25, -0.2) is 0 Å². The van der Waals surface area contributed by atoms with Crippen LogP contribution in [-0.4, -0.2) is 73.8 Å². The van der Waals surface area contributed by atoms with Crippen LogP contribution in [0.5, 0.6) is 0 Å². The molecule has 2 N–H and O–H groups in total. The van der Waals surface area contributed by atoms with Crippen LogP contribution in [-0.2, 0) is 19.6 Å². The molecule has 1 amide bonds. The van der Waals surface area contributed by atoms with Gasteiger partial charge in [-0.1, -0.05) is 0 Å². The Morgan fingerprint density at radius 2 is 1.87 bits per heavy atom. The quantitative estimate of drug-likeness (QED) is 0.360. The molecule has 2 aliphatic heterocycles. The van der Waals surface area contributed by atoms with Gasteiger partial charge in [-0.05, 0) is 0 Å². The molecular formula is C27H28InN4O4S2. The van der Waals surface area contributed by atoms with Gasteiger partial charge in [-0.3, -0.25) is 0 Å². The molecule has 8 nitrogen and oxygen atoms in total. The Bertz CT molecular complexity index is 1440. The van der Waals surface area contributed by atoms with Crippen LogP contribution in [0.15, 0.2) is 73.2 Å². The second kappa shape index (κ2) is 12.1. The van der Waals surface area contributed by atoms with Crippen molar-refractivity contribution >= 4 is 66.7 Å². The molecule has 5 rings (SSSR count). The number of allylic oxidation sites excluding steroid dienone is 2. The second-order valence-electron chi connectivity index (χ2n) is 9.17. The molecule has 1 radical (unpaired) electrons. The van der Waals surface area contributed by atoms with E-state index in [1.807, 2.05) is 42.6 Å². The molecule has 2 aliphatic rings. The van der Waals surface area contributed by atoms with Crippen molar-refractivity contribution in [2.75, 3.05) is 41.2 Å². The summed E-state index contributed by atoms with van der Waals surface area (Å²) in [5, 5.41) is 3.70. The standard InChI is InChI=1S/C27H28N4O4S2.In/c1-4-19(2)17-25(37(33,34)30-22-9-5-20(3)6-10-22)26(32)29-27-28-24(18-36-27)21-7-11-23(12-8-21)31-13-15-35-16-14-31;/h1-2,4-12,18,25,30H,13-17H2,3H3,(H,28,29,32);/t25-;/m0./s1. The summed E-state index contributed by atoms with van der Waals surface area (Å²) in [6.45, 7) is 5.11. The molecule has 0 unspecified atom stereocenters. The van der Waals surface area contributed by atoms with Gasteiger partial charge in [-0.15, -0.1) is 0 Å². The van der Waals surface area contributed by atoms with Gasteiger partial charge in [0.15, 0.2) is 0 Å². The first kappa shape index (κ1) is 27.0. The maximum absolute atomic E-state index is 13.4. The monoisotopic (exact) mass is 651 g/mol. The number of hydrogen-bond acceptors (Lipinski definition) is 7. The fourth-order valence-corrected chi connectivity index (χ4v) is 9.11. The predicted molar refractivity (Wildman–Crippen MR) is 154 cm³/mol. The van der Waals surface area contributed by atoms with Crippen LogP contribution < -0.4 is 14.9 Å². The Hall–Kier alpha value is -2.60. The Morgan fingerprint density at radius 1 is 1.13 bits per heavy atom. The van der Waals surface area contributed by atoms with Crippen LogP contribution in [0.1, 0.15) is 12.0 Å². The number of hydrogen-bond donors (Lipinski definition) is 2. The molecule has 1 saturated heterocycles. The molecule has 1 fully saturated rings. The zero-order valence-electron chi connectivity index (χ0n) is 21.0. The van der Waals surface area contributed by atoms with Crippen molar-refractivity contribution in [1.82, 2.24) is 4.98 Å². The molecular weight excluding hydrogens is 623 g/mol. The van der Waals surface area contributed by atoms with Crippen LogP contribution >= 0.6 is 11.3 Å². The van der Waals surface area contributed by atoms with E-state index in [1.54, 1.807) is 12.1 Å². The first-order chi connectivity index (χ1) is 18.4. The number of morpholine rings is 1. The first-order valence-corrected chi connectivity index (χ1v) is 18.6. The number of anilines is 3. The number of aryl methyl sites for hydroxylation is 1. The fraction of sp³-hybridized carbons (Fsp3) is 0.259.